The molecule has 0 saturated heterocycles. The quantitative estimate of drug-likeness (QED) is 0.794. The van der Waals surface area contributed by atoms with Crippen LogP contribution in [0, 0.1) is 5.82 Å². The third-order valence-corrected chi connectivity index (χ3v) is 3.63. The summed E-state index contributed by atoms with van der Waals surface area (Å²) < 4.78 is 19.3. The van der Waals surface area contributed by atoms with Gasteiger partial charge >= 0.3 is 5.97 Å². The van der Waals surface area contributed by atoms with Crippen LogP contribution in [0.2, 0.25) is 0 Å². The molecule has 0 bridgehead atoms. The van der Waals surface area contributed by atoms with E-state index in [1.54, 1.807) is 18.2 Å². The number of para-hydroxylation sites is 2. The number of rotatable bonds is 3. The molecular weight excluding hydrogens is 281 g/mol. The van der Waals surface area contributed by atoms with E-state index in [0.717, 1.165) is 11.8 Å². The maximum Gasteiger partial charge on any atom is 0.336 e. The Labute approximate surface area is 117 Å². The number of benzene rings is 2. The van der Waals surface area contributed by atoms with Crippen LogP contribution in [0.25, 0.3) is 11.1 Å². The maximum absolute atomic E-state index is 13.8. The highest BCUT2D eigenvalue weighted by Gasteiger charge is 2.18. The van der Waals surface area contributed by atoms with Gasteiger partial charge in [0, 0.05) is 0 Å². The Balaban J connectivity index is 2.04. The standard InChI is InChI=1S/C14H8FNO3S/c15-9-5-3-4-8(13(17)18)12(9)20-14-16-10-6-1-2-7-11(10)19-14/h1-7H,(H,17,18). The first kappa shape index (κ1) is 12.7. The highest BCUT2D eigenvalue weighted by molar-refractivity contribution is 7.99. The van der Waals surface area contributed by atoms with Gasteiger partial charge in [-0.25, -0.2) is 14.2 Å². The topological polar surface area (TPSA) is 63.3 Å². The van der Waals surface area contributed by atoms with Crippen LogP contribution in [0.4, 0.5) is 4.39 Å². The van der Waals surface area contributed by atoms with Gasteiger partial charge in [0.2, 0.25) is 0 Å². The van der Waals surface area contributed by atoms with Crippen LogP contribution in [0.15, 0.2) is 57.0 Å². The number of nitrogens with zero attached hydrogens (tertiary/aromatic N) is 1. The molecule has 0 atom stereocenters. The van der Waals surface area contributed by atoms with E-state index in [1.165, 1.54) is 18.2 Å². The van der Waals surface area contributed by atoms with E-state index < -0.39 is 11.8 Å². The van der Waals surface area contributed by atoms with Crippen molar-refractivity contribution in [3.05, 3.63) is 53.8 Å². The molecule has 1 aromatic heterocycles. The predicted octanol–water partition coefficient (Wildman–Crippen LogP) is 3.82. The number of hydrogen-bond acceptors (Lipinski definition) is 4. The number of hydrogen-bond donors (Lipinski definition) is 1. The molecule has 2 aromatic carbocycles. The average molecular weight is 289 g/mol. The second-order valence-corrected chi connectivity index (χ2v) is 4.93. The predicted molar refractivity (Wildman–Crippen MR) is 71.5 cm³/mol. The summed E-state index contributed by atoms with van der Waals surface area (Å²) in [6, 6.07) is 11.0. The monoisotopic (exact) mass is 289 g/mol. The van der Waals surface area contributed by atoms with Gasteiger partial charge in [0.05, 0.1) is 10.5 Å². The highest BCUT2D eigenvalue weighted by atomic mass is 32.2. The van der Waals surface area contributed by atoms with Crippen molar-refractivity contribution in [2.24, 2.45) is 0 Å². The lowest BCUT2D eigenvalue weighted by Crippen LogP contribution is -2.00. The molecule has 0 aliphatic carbocycles. The Morgan fingerprint density at radius 3 is 2.75 bits per heavy atom. The zero-order valence-electron chi connectivity index (χ0n) is 10.0. The number of aromatic carboxylic acids is 1. The minimum Gasteiger partial charge on any atom is -0.478 e. The summed E-state index contributed by atoms with van der Waals surface area (Å²) in [5, 5.41) is 9.28. The van der Waals surface area contributed by atoms with Crippen LogP contribution in [0.5, 0.6) is 0 Å². The molecule has 0 fully saturated rings. The molecule has 1 N–H and O–H groups in total. The van der Waals surface area contributed by atoms with Gasteiger partial charge in [0.1, 0.15) is 11.3 Å². The van der Waals surface area contributed by atoms with Crippen molar-refractivity contribution < 1.29 is 18.7 Å². The van der Waals surface area contributed by atoms with Gasteiger partial charge in [-0.1, -0.05) is 18.2 Å². The summed E-state index contributed by atoms with van der Waals surface area (Å²) in [5.41, 5.74) is 1.10. The summed E-state index contributed by atoms with van der Waals surface area (Å²) in [5.74, 6) is -1.81. The summed E-state index contributed by atoms with van der Waals surface area (Å²) in [7, 11) is 0. The average Bonchev–Trinajstić information content (AvgIpc) is 2.83. The van der Waals surface area contributed by atoms with Crippen molar-refractivity contribution in [2.45, 2.75) is 10.1 Å². The molecule has 6 heteroatoms. The Bertz CT molecular complexity index is 767. The molecular formula is C14H8FNO3S. The largest absolute Gasteiger partial charge is 0.478 e. The van der Waals surface area contributed by atoms with Gasteiger partial charge in [-0.2, -0.15) is 0 Å². The first-order valence-corrected chi connectivity index (χ1v) is 6.52. The van der Waals surface area contributed by atoms with Crippen LogP contribution in [-0.4, -0.2) is 16.1 Å². The molecule has 0 amide bonds. The first-order valence-electron chi connectivity index (χ1n) is 5.70. The minimum absolute atomic E-state index is 0.00782. The number of carbonyl (C=O) groups is 1. The van der Waals surface area contributed by atoms with Gasteiger partial charge < -0.3 is 9.52 Å². The summed E-state index contributed by atoms with van der Waals surface area (Å²) in [6.07, 6.45) is 0. The number of oxazole rings is 1. The molecule has 20 heavy (non-hydrogen) atoms. The number of aromatic nitrogens is 1. The molecule has 1 heterocycles. The Morgan fingerprint density at radius 2 is 2.00 bits per heavy atom. The Kier molecular flexibility index (Phi) is 3.15. The van der Waals surface area contributed by atoms with Crippen LogP contribution >= 0.6 is 11.8 Å². The Morgan fingerprint density at radius 1 is 1.20 bits per heavy atom. The van der Waals surface area contributed by atoms with Gasteiger partial charge in [0.25, 0.3) is 5.22 Å². The number of carboxylic acids is 1. The zero-order valence-corrected chi connectivity index (χ0v) is 10.9. The molecule has 0 saturated carbocycles. The highest BCUT2D eigenvalue weighted by Crippen LogP contribution is 2.33. The molecule has 0 aliphatic heterocycles. The van der Waals surface area contributed by atoms with Crippen LogP contribution in [-0.2, 0) is 0 Å². The third-order valence-electron chi connectivity index (χ3n) is 2.66. The van der Waals surface area contributed by atoms with Gasteiger partial charge in [-0.05, 0) is 36.0 Å². The number of halogens is 1. The van der Waals surface area contributed by atoms with E-state index in [4.69, 9.17) is 9.52 Å². The van der Waals surface area contributed by atoms with Crippen molar-refractivity contribution >= 4 is 28.8 Å². The summed E-state index contributed by atoms with van der Waals surface area (Å²) in [6.45, 7) is 0. The fraction of sp³-hybridized carbons (Fsp3) is 0. The van der Waals surface area contributed by atoms with Crippen molar-refractivity contribution in [1.29, 1.82) is 0 Å². The fourth-order valence-corrected chi connectivity index (χ4v) is 2.64. The van der Waals surface area contributed by atoms with E-state index in [1.807, 2.05) is 6.07 Å². The van der Waals surface area contributed by atoms with Gasteiger partial charge in [-0.15, -0.1) is 0 Å². The second-order valence-electron chi connectivity index (χ2n) is 3.97. The van der Waals surface area contributed by atoms with E-state index in [9.17, 15) is 9.18 Å². The molecule has 0 aliphatic rings. The van der Waals surface area contributed by atoms with Crippen molar-refractivity contribution in [3.63, 3.8) is 0 Å². The molecule has 100 valence electrons. The van der Waals surface area contributed by atoms with Crippen molar-refractivity contribution in [3.8, 4) is 0 Å². The molecule has 0 unspecified atom stereocenters. The smallest absolute Gasteiger partial charge is 0.336 e. The third kappa shape index (κ3) is 2.25. The van der Waals surface area contributed by atoms with E-state index >= 15 is 0 Å². The Hall–Kier alpha value is -2.34. The summed E-state index contributed by atoms with van der Waals surface area (Å²) >= 11 is 0.861. The van der Waals surface area contributed by atoms with Crippen LogP contribution < -0.4 is 0 Å². The zero-order chi connectivity index (χ0) is 14.1. The van der Waals surface area contributed by atoms with E-state index in [2.05, 4.69) is 4.98 Å². The molecule has 0 spiro atoms. The molecule has 0 radical (unpaired) electrons. The number of carboxylic acid groups (broad SMARTS) is 1. The van der Waals surface area contributed by atoms with Crippen molar-refractivity contribution in [2.75, 3.05) is 0 Å². The van der Waals surface area contributed by atoms with Crippen LogP contribution in [0.1, 0.15) is 10.4 Å². The lowest BCUT2D eigenvalue weighted by Gasteiger charge is -2.03. The molecule has 4 nitrogen and oxygen atoms in total. The number of fused-ring (bicyclic) bond motifs is 1. The maximum atomic E-state index is 13.8. The van der Waals surface area contributed by atoms with Crippen LogP contribution in [0.3, 0.4) is 0 Å². The summed E-state index contributed by atoms with van der Waals surface area (Å²) in [4.78, 5) is 15.3. The SMILES string of the molecule is O=C(O)c1cccc(F)c1Sc1nc2ccccc2o1. The van der Waals surface area contributed by atoms with E-state index in [-0.39, 0.29) is 15.7 Å². The van der Waals surface area contributed by atoms with Crippen molar-refractivity contribution in [1.82, 2.24) is 4.98 Å². The molecule has 3 aromatic rings. The molecule has 3 rings (SSSR count). The normalized spacial score (nSPS) is 10.8. The lowest BCUT2D eigenvalue weighted by atomic mass is 10.2. The van der Waals surface area contributed by atoms with E-state index in [0.29, 0.717) is 11.1 Å². The lowest BCUT2D eigenvalue weighted by molar-refractivity contribution is 0.0692. The first-order chi connectivity index (χ1) is 9.65. The minimum atomic E-state index is -1.19. The van der Waals surface area contributed by atoms with Gasteiger partial charge in [0.15, 0.2) is 5.58 Å². The second kappa shape index (κ2) is 4.97. The fourth-order valence-electron chi connectivity index (χ4n) is 1.76. The van der Waals surface area contributed by atoms with Gasteiger partial charge in [-0.3, -0.25) is 0 Å².